The molecule has 0 heterocycles. The highest BCUT2D eigenvalue weighted by molar-refractivity contribution is 9.13. The van der Waals surface area contributed by atoms with Crippen LogP contribution in [0.4, 0.5) is 0 Å². The maximum Gasteiger partial charge on any atom is 0.198 e. The van der Waals surface area contributed by atoms with Crippen LogP contribution in [0, 0.1) is 0 Å². The molecule has 3 nitrogen and oxygen atoms in total. The summed E-state index contributed by atoms with van der Waals surface area (Å²) in [7, 11) is 0. The third-order valence-electron chi connectivity index (χ3n) is 3.07. The van der Waals surface area contributed by atoms with Crippen molar-refractivity contribution in [3.05, 3.63) is 61.5 Å². The van der Waals surface area contributed by atoms with Gasteiger partial charge in [-0.25, -0.2) is 0 Å². The zero-order valence-electron chi connectivity index (χ0n) is 9.41. The Morgan fingerprint density at radius 1 is 0.895 bits per heavy atom. The van der Waals surface area contributed by atoms with Crippen LogP contribution in [0.15, 0.2) is 39.3 Å². The Balaban J connectivity index is 2.43. The van der Waals surface area contributed by atoms with Crippen molar-refractivity contribution in [1.82, 2.24) is 0 Å². The molecule has 0 atom stereocenters. The first kappa shape index (κ1) is 12.6. The first-order valence-electron chi connectivity index (χ1n) is 5.41. The lowest BCUT2D eigenvalue weighted by Gasteiger charge is -2.20. The second kappa shape index (κ2) is 4.28. The van der Waals surface area contributed by atoms with Gasteiger partial charge in [-0.05, 0) is 37.9 Å². The second-order valence-electron chi connectivity index (χ2n) is 4.15. The molecule has 0 unspecified atom stereocenters. The molecule has 0 radical (unpaired) electrons. The molecule has 5 heteroatoms. The summed E-state index contributed by atoms with van der Waals surface area (Å²) in [5, 5.41) is 9.95. The Morgan fingerprint density at radius 2 is 1.42 bits per heavy atom. The van der Waals surface area contributed by atoms with E-state index >= 15 is 0 Å². The first-order chi connectivity index (χ1) is 9.02. The fourth-order valence-electron chi connectivity index (χ4n) is 2.20. The molecule has 0 bridgehead atoms. The van der Waals surface area contributed by atoms with Gasteiger partial charge < -0.3 is 5.11 Å². The van der Waals surface area contributed by atoms with Crippen molar-refractivity contribution in [1.29, 1.82) is 0 Å². The van der Waals surface area contributed by atoms with Crippen molar-refractivity contribution < 1.29 is 14.7 Å². The third-order valence-corrected chi connectivity index (χ3v) is 5.05. The Bertz CT molecular complexity index is 751. The summed E-state index contributed by atoms with van der Waals surface area (Å²) in [6.45, 7) is 0. The smallest absolute Gasteiger partial charge is 0.198 e. The number of phenolic OH excluding ortho intramolecular Hbond substituents is 1. The number of benzene rings is 2. The Morgan fingerprint density at radius 3 is 2.00 bits per heavy atom. The molecule has 0 saturated carbocycles. The van der Waals surface area contributed by atoms with E-state index in [1.165, 1.54) is 6.07 Å². The average molecular weight is 382 g/mol. The van der Waals surface area contributed by atoms with Crippen molar-refractivity contribution >= 4 is 43.4 Å². The SMILES string of the molecule is O=C1c2ccccc2C(=O)c2c(Br)c(Br)cc(O)c21. The molecule has 19 heavy (non-hydrogen) atoms. The minimum absolute atomic E-state index is 0.0544. The van der Waals surface area contributed by atoms with Crippen LogP contribution in [-0.4, -0.2) is 16.7 Å². The number of hydrogen-bond acceptors (Lipinski definition) is 3. The van der Waals surface area contributed by atoms with Crippen LogP contribution in [0.5, 0.6) is 5.75 Å². The first-order valence-corrected chi connectivity index (χ1v) is 7.00. The second-order valence-corrected chi connectivity index (χ2v) is 5.79. The molecule has 0 spiro atoms. The zero-order chi connectivity index (χ0) is 13.7. The van der Waals surface area contributed by atoms with Gasteiger partial charge in [0.15, 0.2) is 11.6 Å². The summed E-state index contributed by atoms with van der Waals surface area (Å²) in [5.74, 6) is -0.803. The van der Waals surface area contributed by atoms with Gasteiger partial charge in [-0.1, -0.05) is 24.3 Å². The van der Waals surface area contributed by atoms with Gasteiger partial charge in [0.1, 0.15) is 5.75 Å². The van der Waals surface area contributed by atoms with Gasteiger partial charge in [-0.2, -0.15) is 0 Å². The van der Waals surface area contributed by atoms with Gasteiger partial charge in [0.05, 0.1) is 11.1 Å². The lowest BCUT2D eigenvalue weighted by atomic mass is 9.84. The number of carbonyl (C=O) groups excluding carboxylic acids is 2. The maximum atomic E-state index is 12.5. The summed E-state index contributed by atoms with van der Waals surface area (Å²) < 4.78 is 1.01. The predicted octanol–water partition coefficient (Wildman–Crippen LogP) is 3.69. The summed E-state index contributed by atoms with van der Waals surface area (Å²) in [4.78, 5) is 24.9. The van der Waals surface area contributed by atoms with E-state index in [0.29, 0.717) is 20.1 Å². The van der Waals surface area contributed by atoms with Crippen molar-refractivity contribution in [2.24, 2.45) is 0 Å². The number of ketones is 2. The van der Waals surface area contributed by atoms with E-state index < -0.39 is 0 Å². The Kier molecular flexibility index (Phi) is 2.83. The summed E-state index contributed by atoms with van der Waals surface area (Å²) in [6.07, 6.45) is 0. The minimum Gasteiger partial charge on any atom is -0.507 e. The number of rotatable bonds is 0. The van der Waals surface area contributed by atoms with Crippen LogP contribution in [0.25, 0.3) is 0 Å². The molecule has 0 aliphatic heterocycles. The van der Waals surface area contributed by atoms with Crippen molar-refractivity contribution in [3.63, 3.8) is 0 Å². The summed E-state index contributed by atoms with van der Waals surface area (Å²) in [5.41, 5.74) is 0.942. The molecule has 2 aromatic rings. The van der Waals surface area contributed by atoms with E-state index in [9.17, 15) is 14.7 Å². The van der Waals surface area contributed by atoms with Crippen LogP contribution in [0.2, 0.25) is 0 Å². The molecular weight excluding hydrogens is 376 g/mol. The van der Waals surface area contributed by atoms with Gasteiger partial charge in [-0.15, -0.1) is 0 Å². The number of fused-ring (bicyclic) bond motifs is 2. The van der Waals surface area contributed by atoms with Gasteiger partial charge in [0.2, 0.25) is 0 Å². The predicted molar refractivity (Wildman–Crippen MR) is 76.8 cm³/mol. The number of hydrogen-bond donors (Lipinski definition) is 1. The number of carbonyl (C=O) groups is 2. The van der Waals surface area contributed by atoms with Crippen LogP contribution in [-0.2, 0) is 0 Å². The quantitative estimate of drug-likeness (QED) is 0.646. The lowest BCUT2D eigenvalue weighted by molar-refractivity contribution is 0.0976. The summed E-state index contributed by atoms with van der Waals surface area (Å²) in [6, 6.07) is 8.01. The summed E-state index contributed by atoms with van der Waals surface area (Å²) >= 11 is 6.53. The standard InChI is InChI=1S/C14H6Br2O3/c15-8-5-9(17)10-11(12(8)16)14(19)7-4-2-1-3-6(7)13(10)18/h1-5,17H. The third kappa shape index (κ3) is 1.69. The van der Waals surface area contributed by atoms with Crippen molar-refractivity contribution in [2.45, 2.75) is 0 Å². The topological polar surface area (TPSA) is 54.4 Å². The van der Waals surface area contributed by atoms with Gasteiger partial charge >= 0.3 is 0 Å². The number of aromatic hydroxyl groups is 1. The van der Waals surface area contributed by atoms with Crippen LogP contribution in [0.1, 0.15) is 31.8 Å². The highest BCUT2D eigenvalue weighted by Gasteiger charge is 2.34. The molecule has 94 valence electrons. The fraction of sp³-hybridized carbons (Fsp3) is 0. The van der Waals surface area contributed by atoms with E-state index in [0.717, 1.165) is 0 Å². The van der Waals surface area contributed by atoms with Crippen LogP contribution < -0.4 is 0 Å². The fourth-order valence-corrected chi connectivity index (χ4v) is 3.11. The largest absolute Gasteiger partial charge is 0.507 e. The number of halogens is 2. The van der Waals surface area contributed by atoms with Crippen LogP contribution in [0.3, 0.4) is 0 Å². The molecule has 0 aromatic heterocycles. The van der Waals surface area contributed by atoms with Gasteiger partial charge in [-0.3, -0.25) is 9.59 Å². The number of phenols is 1. The molecule has 0 saturated heterocycles. The Hall–Kier alpha value is -1.46. The van der Waals surface area contributed by atoms with E-state index in [4.69, 9.17) is 0 Å². The lowest BCUT2D eigenvalue weighted by Crippen LogP contribution is -2.21. The minimum atomic E-state index is -0.337. The van der Waals surface area contributed by atoms with E-state index in [2.05, 4.69) is 31.9 Å². The molecule has 1 N–H and O–H groups in total. The van der Waals surface area contributed by atoms with Crippen molar-refractivity contribution in [3.8, 4) is 5.75 Å². The molecule has 0 fully saturated rings. The average Bonchev–Trinajstić information content (AvgIpc) is 2.40. The van der Waals surface area contributed by atoms with Crippen LogP contribution >= 0.6 is 31.9 Å². The maximum absolute atomic E-state index is 12.5. The normalized spacial score (nSPS) is 13.2. The van der Waals surface area contributed by atoms with Gasteiger partial charge in [0, 0.05) is 20.1 Å². The van der Waals surface area contributed by atoms with E-state index in [1.54, 1.807) is 24.3 Å². The zero-order valence-corrected chi connectivity index (χ0v) is 12.6. The molecule has 1 aliphatic carbocycles. The monoisotopic (exact) mass is 380 g/mol. The molecule has 1 aliphatic rings. The molecule has 3 rings (SSSR count). The molecule has 2 aromatic carbocycles. The van der Waals surface area contributed by atoms with Crippen molar-refractivity contribution in [2.75, 3.05) is 0 Å². The highest BCUT2D eigenvalue weighted by Crippen LogP contribution is 2.40. The Labute approximate surface area is 125 Å². The highest BCUT2D eigenvalue weighted by atomic mass is 79.9. The van der Waals surface area contributed by atoms with Gasteiger partial charge in [0.25, 0.3) is 0 Å². The van der Waals surface area contributed by atoms with E-state index in [1.807, 2.05) is 0 Å². The molecular formula is C14H6Br2O3. The van der Waals surface area contributed by atoms with E-state index in [-0.39, 0.29) is 28.4 Å². The molecule has 0 amide bonds.